The van der Waals surface area contributed by atoms with Crippen molar-refractivity contribution < 1.29 is 9.32 Å². The van der Waals surface area contributed by atoms with E-state index in [2.05, 4.69) is 24.9 Å². The molecule has 1 saturated heterocycles. The zero-order valence-corrected chi connectivity index (χ0v) is 16.6. The second-order valence-electron chi connectivity index (χ2n) is 7.65. The van der Waals surface area contributed by atoms with Crippen LogP contribution in [0.15, 0.2) is 10.6 Å². The number of aromatic nitrogens is 5. The van der Waals surface area contributed by atoms with Crippen LogP contribution in [-0.2, 0) is 12.8 Å². The smallest absolute Gasteiger partial charge is 0.274 e. The summed E-state index contributed by atoms with van der Waals surface area (Å²) in [5, 5.41) is 15.8. The maximum Gasteiger partial charge on any atom is 0.274 e. The quantitative estimate of drug-likeness (QED) is 0.727. The first-order valence-electron chi connectivity index (χ1n) is 9.82. The first-order chi connectivity index (χ1) is 13.7. The number of H-pyrrole nitrogens is 1. The summed E-state index contributed by atoms with van der Waals surface area (Å²) in [5.41, 5.74) is 4.60. The summed E-state index contributed by atoms with van der Waals surface area (Å²) in [7, 11) is 0. The zero-order chi connectivity index (χ0) is 19.1. The average molecular weight is 398 g/mol. The lowest BCUT2D eigenvalue weighted by Crippen LogP contribution is -2.40. The van der Waals surface area contributed by atoms with E-state index in [1.807, 2.05) is 17.9 Å². The second kappa shape index (κ2) is 7.12. The van der Waals surface area contributed by atoms with Gasteiger partial charge in [0.25, 0.3) is 5.91 Å². The number of hydrogen-bond donors (Lipinski definition) is 1. The van der Waals surface area contributed by atoms with Crippen LogP contribution < -0.4 is 0 Å². The monoisotopic (exact) mass is 398 g/mol. The first-order valence-corrected chi connectivity index (χ1v) is 10.6. The van der Waals surface area contributed by atoms with E-state index < -0.39 is 0 Å². The summed E-state index contributed by atoms with van der Waals surface area (Å²) >= 11 is 1.32. The number of nitrogens with one attached hydrogen (secondary N) is 1. The van der Waals surface area contributed by atoms with Gasteiger partial charge < -0.3 is 9.42 Å². The number of hydrogen-bond acceptors (Lipinski definition) is 7. The van der Waals surface area contributed by atoms with Gasteiger partial charge in [-0.3, -0.25) is 9.89 Å². The van der Waals surface area contributed by atoms with Crippen molar-refractivity contribution >= 4 is 17.4 Å². The van der Waals surface area contributed by atoms with E-state index in [9.17, 15) is 4.79 Å². The van der Waals surface area contributed by atoms with Gasteiger partial charge in [0.15, 0.2) is 11.5 Å². The maximum atomic E-state index is 13.2. The molecule has 0 spiro atoms. The van der Waals surface area contributed by atoms with Crippen LogP contribution in [0.4, 0.5) is 0 Å². The summed E-state index contributed by atoms with van der Waals surface area (Å²) in [4.78, 5) is 16.0. The number of rotatable bonds is 3. The van der Waals surface area contributed by atoms with E-state index in [4.69, 9.17) is 4.52 Å². The highest BCUT2D eigenvalue weighted by Gasteiger charge is 2.32. The predicted octanol–water partition coefficient (Wildman–Crippen LogP) is 3.12. The molecule has 3 aromatic rings. The van der Waals surface area contributed by atoms with Gasteiger partial charge >= 0.3 is 0 Å². The van der Waals surface area contributed by atoms with Crippen molar-refractivity contribution in [2.75, 3.05) is 13.1 Å². The molecule has 1 amide bonds. The number of carbonyl (C=O) groups is 1. The van der Waals surface area contributed by atoms with Crippen molar-refractivity contribution in [1.82, 2.24) is 29.8 Å². The van der Waals surface area contributed by atoms with Crippen LogP contribution in [0.1, 0.15) is 64.7 Å². The Labute approximate surface area is 166 Å². The molecule has 1 aliphatic carbocycles. The molecule has 1 fully saturated rings. The molecule has 2 aliphatic rings. The lowest BCUT2D eigenvalue weighted by Gasteiger charge is -2.32. The number of piperidine rings is 1. The Morgan fingerprint density at radius 2 is 2.21 bits per heavy atom. The van der Waals surface area contributed by atoms with Crippen molar-refractivity contribution in [2.45, 2.75) is 51.4 Å². The molecule has 0 saturated carbocycles. The van der Waals surface area contributed by atoms with Gasteiger partial charge in [0, 0.05) is 36.3 Å². The standard InChI is InChI=1S/C19H22N6O2S/c1-11-9-15(27-23-11)18-16(22-24-28-18)12-5-4-8-25(10-12)19(26)17-13-6-2-3-7-14(13)20-21-17/h9,12H,2-8,10H2,1H3,(H,20,21)/t12-/m1/s1. The highest BCUT2D eigenvalue weighted by Crippen LogP contribution is 2.36. The maximum absolute atomic E-state index is 13.2. The van der Waals surface area contributed by atoms with Crippen molar-refractivity contribution in [3.63, 3.8) is 0 Å². The third-order valence-electron chi connectivity index (χ3n) is 5.72. The average Bonchev–Trinajstić information content (AvgIpc) is 3.46. The Balaban J connectivity index is 1.38. The summed E-state index contributed by atoms with van der Waals surface area (Å²) in [6.45, 7) is 3.28. The number of carbonyl (C=O) groups excluding carboxylic acids is 1. The van der Waals surface area contributed by atoms with E-state index in [0.29, 0.717) is 18.0 Å². The van der Waals surface area contributed by atoms with Gasteiger partial charge in [-0.15, -0.1) is 5.10 Å². The fourth-order valence-corrected chi connectivity index (χ4v) is 5.00. The summed E-state index contributed by atoms with van der Waals surface area (Å²) < 4.78 is 9.56. The predicted molar refractivity (Wildman–Crippen MR) is 103 cm³/mol. The molecule has 5 rings (SSSR count). The third kappa shape index (κ3) is 3.03. The molecule has 3 aromatic heterocycles. The van der Waals surface area contributed by atoms with Crippen LogP contribution in [0.5, 0.6) is 0 Å². The Hall–Kier alpha value is -2.55. The summed E-state index contributed by atoms with van der Waals surface area (Å²) in [5.74, 6) is 0.878. The van der Waals surface area contributed by atoms with Crippen LogP contribution in [-0.4, -0.2) is 48.8 Å². The van der Waals surface area contributed by atoms with E-state index in [0.717, 1.165) is 72.6 Å². The van der Waals surface area contributed by atoms with Gasteiger partial charge in [0.2, 0.25) is 0 Å². The fraction of sp³-hybridized carbons (Fsp3) is 0.526. The van der Waals surface area contributed by atoms with Gasteiger partial charge in [-0.05, 0) is 57.0 Å². The molecule has 0 unspecified atom stereocenters. The summed E-state index contributed by atoms with van der Waals surface area (Å²) in [6.07, 6.45) is 6.14. The summed E-state index contributed by atoms with van der Waals surface area (Å²) in [6, 6.07) is 1.90. The van der Waals surface area contributed by atoms with E-state index in [-0.39, 0.29) is 11.8 Å². The number of nitrogens with zero attached hydrogens (tertiary/aromatic N) is 5. The Morgan fingerprint density at radius 1 is 1.32 bits per heavy atom. The Morgan fingerprint density at radius 3 is 3.07 bits per heavy atom. The number of amides is 1. The SMILES string of the molecule is Cc1cc(-c2snnc2[C@@H]2CCCN(C(=O)c3n[nH]c4c3CCCC4)C2)on1. The van der Waals surface area contributed by atoms with Crippen LogP contribution in [0, 0.1) is 6.92 Å². The van der Waals surface area contributed by atoms with Gasteiger partial charge in [-0.2, -0.15) is 5.10 Å². The normalized spacial score (nSPS) is 19.6. The number of aromatic amines is 1. The molecule has 1 N–H and O–H groups in total. The highest BCUT2D eigenvalue weighted by molar-refractivity contribution is 7.09. The van der Waals surface area contributed by atoms with Crippen molar-refractivity contribution in [3.8, 4) is 10.6 Å². The first kappa shape index (κ1) is 17.5. The lowest BCUT2D eigenvalue weighted by molar-refractivity contribution is 0.0698. The molecule has 4 heterocycles. The number of fused-ring (bicyclic) bond motifs is 1. The molecule has 0 bridgehead atoms. The van der Waals surface area contributed by atoms with E-state index in [1.165, 1.54) is 11.5 Å². The highest BCUT2D eigenvalue weighted by atomic mass is 32.1. The van der Waals surface area contributed by atoms with Crippen molar-refractivity contribution in [3.05, 3.63) is 34.4 Å². The minimum Gasteiger partial charge on any atom is -0.355 e. The lowest BCUT2D eigenvalue weighted by atomic mass is 9.92. The fourth-order valence-electron chi connectivity index (χ4n) is 4.30. The van der Waals surface area contributed by atoms with Crippen molar-refractivity contribution in [1.29, 1.82) is 0 Å². The molecule has 0 aromatic carbocycles. The number of aryl methyl sites for hydroxylation is 2. The van der Waals surface area contributed by atoms with Crippen LogP contribution in [0.2, 0.25) is 0 Å². The third-order valence-corrected chi connectivity index (χ3v) is 6.48. The number of likely N-dealkylation sites (tertiary alicyclic amines) is 1. The Bertz CT molecular complexity index is 1010. The minimum absolute atomic E-state index is 0.0318. The molecule has 9 heteroatoms. The van der Waals surface area contributed by atoms with Crippen molar-refractivity contribution in [2.24, 2.45) is 0 Å². The Kier molecular flexibility index (Phi) is 4.46. The van der Waals surface area contributed by atoms with E-state index in [1.54, 1.807) is 0 Å². The topological polar surface area (TPSA) is 101 Å². The zero-order valence-electron chi connectivity index (χ0n) is 15.8. The van der Waals surface area contributed by atoms with Crippen LogP contribution in [0.3, 0.4) is 0 Å². The molecule has 0 radical (unpaired) electrons. The molecule has 8 nitrogen and oxygen atoms in total. The van der Waals surface area contributed by atoms with Crippen LogP contribution in [0.25, 0.3) is 10.6 Å². The van der Waals surface area contributed by atoms with Crippen LogP contribution >= 0.6 is 11.5 Å². The van der Waals surface area contributed by atoms with Gasteiger partial charge in [0.1, 0.15) is 4.88 Å². The molecular weight excluding hydrogens is 376 g/mol. The van der Waals surface area contributed by atoms with Gasteiger partial charge in [-0.1, -0.05) is 9.64 Å². The molecular formula is C19H22N6O2S. The molecule has 1 aliphatic heterocycles. The van der Waals surface area contributed by atoms with E-state index >= 15 is 0 Å². The molecule has 28 heavy (non-hydrogen) atoms. The molecule has 146 valence electrons. The minimum atomic E-state index is 0.0318. The van der Waals surface area contributed by atoms with Gasteiger partial charge in [-0.25, -0.2) is 0 Å². The largest absolute Gasteiger partial charge is 0.355 e. The van der Waals surface area contributed by atoms with Gasteiger partial charge in [0.05, 0.1) is 11.4 Å². The molecule has 1 atom stereocenters. The second-order valence-corrected chi connectivity index (χ2v) is 8.40.